The molecule has 0 aliphatic rings. The van der Waals surface area contributed by atoms with Crippen LogP contribution in [0.15, 0.2) is 42.5 Å². The monoisotopic (exact) mass is 294 g/mol. The van der Waals surface area contributed by atoms with Crippen molar-refractivity contribution in [3.05, 3.63) is 59.2 Å². The molecule has 1 amide bonds. The molecule has 0 saturated carbocycles. The van der Waals surface area contributed by atoms with E-state index in [2.05, 4.69) is 5.32 Å². The molecule has 22 heavy (non-hydrogen) atoms. The van der Waals surface area contributed by atoms with E-state index in [4.69, 9.17) is 10.00 Å². The summed E-state index contributed by atoms with van der Waals surface area (Å²) in [6, 6.07) is 14.8. The Morgan fingerprint density at radius 3 is 2.45 bits per heavy atom. The van der Waals surface area contributed by atoms with Crippen molar-refractivity contribution in [1.29, 1.82) is 5.26 Å². The first-order chi connectivity index (χ1) is 10.5. The molecule has 1 unspecified atom stereocenters. The van der Waals surface area contributed by atoms with Gasteiger partial charge in [0.2, 0.25) is 0 Å². The van der Waals surface area contributed by atoms with Gasteiger partial charge < -0.3 is 10.1 Å². The van der Waals surface area contributed by atoms with E-state index in [1.807, 2.05) is 38.1 Å². The number of hydrogen-bond donors (Lipinski definition) is 1. The number of carbonyl (C=O) groups is 1. The third-order valence-electron chi connectivity index (χ3n) is 3.17. The zero-order valence-corrected chi connectivity index (χ0v) is 12.9. The van der Waals surface area contributed by atoms with E-state index in [-0.39, 0.29) is 5.91 Å². The molecule has 0 heterocycles. The molecule has 0 radical (unpaired) electrons. The van der Waals surface area contributed by atoms with Crippen molar-refractivity contribution in [1.82, 2.24) is 0 Å². The van der Waals surface area contributed by atoms with E-state index in [1.165, 1.54) is 0 Å². The molecular weight excluding hydrogens is 276 g/mol. The van der Waals surface area contributed by atoms with Crippen LogP contribution in [0.5, 0.6) is 5.75 Å². The van der Waals surface area contributed by atoms with Gasteiger partial charge in [0.1, 0.15) is 11.8 Å². The Bertz CT molecular complexity index is 712. The second kappa shape index (κ2) is 6.77. The summed E-state index contributed by atoms with van der Waals surface area (Å²) in [7, 11) is 0. The highest BCUT2D eigenvalue weighted by atomic mass is 16.5. The maximum absolute atomic E-state index is 12.2. The molecular formula is C18H18N2O2. The lowest BCUT2D eigenvalue weighted by Crippen LogP contribution is -2.30. The number of carbonyl (C=O) groups excluding carboxylic acids is 1. The Balaban J connectivity index is 2.08. The summed E-state index contributed by atoms with van der Waals surface area (Å²) in [5.41, 5.74) is 3.32. The lowest BCUT2D eigenvalue weighted by atomic mass is 10.1. The van der Waals surface area contributed by atoms with Crippen molar-refractivity contribution in [2.75, 3.05) is 5.32 Å². The fourth-order valence-electron chi connectivity index (χ4n) is 2.20. The first-order valence-electron chi connectivity index (χ1n) is 7.04. The van der Waals surface area contributed by atoms with Crippen LogP contribution in [-0.4, -0.2) is 12.0 Å². The Morgan fingerprint density at radius 1 is 1.18 bits per heavy atom. The second-order valence-electron chi connectivity index (χ2n) is 5.23. The lowest BCUT2D eigenvalue weighted by molar-refractivity contribution is -0.122. The van der Waals surface area contributed by atoms with Crippen molar-refractivity contribution in [3.63, 3.8) is 0 Å². The first-order valence-corrected chi connectivity index (χ1v) is 7.04. The van der Waals surface area contributed by atoms with Crippen molar-refractivity contribution in [3.8, 4) is 11.8 Å². The van der Waals surface area contributed by atoms with Gasteiger partial charge in [-0.25, -0.2) is 0 Å². The summed E-state index contributed by atoms with van der Waals surface area (Å²) in [4.78, 5) is 12.2. The Labute approximate surface area is 130 Å². The van der Waals surface area contributed by atoms with Crippen LogP contribution in [0.3, 0.4) is 0 Å². The van der Waals surface area contributed by atoms with Crippen molar-refractivity contribution >= 4 is 11.6 Å². The summed E-state index contributed by atoms with van der Waals surface area (Å²) in [5, 5.41) is 11.9. The Hall–Kier alpha value is -2.80. The molecule has 0 aliphatic heterocycles. The van der Waals surface area contributed by atoms with Gasteiger partial charge in [0.25, 0.3) is 5.91 Å². The number of hydrogen-bond acceptors (Lipinski definition) is 3. The van der Waals surface area contributed by atoms with Crippen molar-refractivity contribution < 1.29 is 9.53 Å². The minimum atomic E-state index is -0.699. The quantitative estimate of drug-likeness (QED) is 0.937. The highest BCUT2D eigenvalue weighted by Crippen LogP contribution is 2.19. The van der Waals surface area contributed by atoms with E-state index in [1.54, 1.807) is 31.2 Å². The predicted octanol–water partition coefficient (Wildman–Crippen LogP) is 3.58. The van der Waals surface area contributed by atoms with Crippen LogP contribution in [0.25, 0.3) is 0 Å². The SMILES string of the molecule is Cc1cc(C)cc(NC(=O)C(C)Oc2ccccc2C#N)c1. The number of para-hydroxylation sites is 1. The third kappa shape index (κ3) is 3.86. The Morgan fingerprint density at radius 2 is 1.82 bits per heavy atom. The van der Waals surface area contributed by atoms with Gasteiger partial charge in [0.15, 0.2) is 6.10 Å². The maximum atomic E-state index is 12.2. The van der Waals surface area contributed by atoms with E-state index >= 15 is 0 Å². The lowest BCUT2D eigenvalue weighted by Gasteiger charge is -2.16. The van der Waals surface area contributed by atoms with Gasteiger partial charge in [-0.05, 0) is 56.2 Å². The zero-order chi connectivity index (χ0) is 16.1. The van der Waals surface area contributed by atoms with Crippen LogP contribution in [-0.2, 0) is 4.79 Å². The zero-order valence-electron chi connectivity index (χ0n) is 12.9. The van der Waals surface area contributed by atoms with Gasteiger partial charge in [-0.15, -0.1) is 0 Å². The smallest absolute Gasteiger partial charge is 0.265 e. The number of aryl methyl sites for hydroxylation is 2. The number of nitrogens with one attached hydrogen (secondary N) is 1. The molecule has 2 aromatic rings. The first kappa shape index (κ1) is 15.6. The molecule has 1 N–H and O–H groups in total. The number of nitrogens with zero attached hydrogens (tertiary/aromatic N) is 1. The van der Waals surface area contributed by atoms with E-state index < -0.39 is 6.10 Å². The number of amides is 1. The fourth-order valence-corrected chi connectivity index (χ4v) is 2.20. The van der Waals surface area contributed by atoms with Gasteiger partial charge in [-0.1, -0.05) is 18.2 Å². The summed E-state index contributed by atoms with van der Waals surface area (Å²) in [5.74, 6) is 0.158. The highest BCUT2D eigenvalue weighted by molar-refractivity contribution is 5.94. The molecule has 1 atom stereocenters. The molecule has 4 nitrogen and oxygen atoms in total. The maximum Gasteiger partial charge on any atom is 0.265 e. The molecule has 0 spiro atoms. The topological polar surface area (TPSA) is 62.1 Å². The fraction of sp³-hybridized carbons (Fsp3) is 0.222. The molecule has 0 bridgehead atoms. The average molecular weight is 294 g/mol. The molecule has 0 aromatic heterocycles. The molecule has 0 aliphatic carbocycles. The summed E-state index contributed by atoms with van der Waals surface area (Å²) in [6.45, 7) is 5.61. The number of anilines is 1. The molecule has 2 rings (SSSR count). The summed E-state index contributed by atoms with van der Waals surface area (Å²) in [6.07, 6.45) is -0.699. The van der Waals surface area contributed by atoms with Gasteiger partial charge in [0, 0.05) is 5.69 Å². The predicted molar refractivity (Wildman–Crippen MR) is 85.8 cm³/mol. The van der Waals surface area contributed by atoms with Crippen LogP contribution >= 0.6 is 0 Å². The molecule has 0 fully saturated rings. The molecule has 0 saturated heterocycles. The van der Waals surface area contributed by atoms with Crippen LogP contribution in [0.1, 0.15) is 23.6 Å². The normalized spacial score (nSPS) is 11.4. The summed E-state index contributed by atoms with van der Waals surface area (Å²) < 4.78 is 5.60. The van der Waals surface area contributed by atoms with Crippen LogP contribution < -0.4 is 10.1 Å². The molecule has 4 heteroatoms. The van der Waals surface area contributed by atoms with Gasteiger partial charge in [-0.3, -0.25) is 4.79 Å². The van der Waals surface area contributed by atoms with Gasteiger partial charge in [-0.2, -0.15) is 5.26 Å². The van der Waals surface area contributed by atoms with E-state index in [0.29, 0.717) is 11.3 Å². The number of ether oxygens (including phenoxy) is 1. The molecule has 2 aromatic carbocycles. The van der Waals surface area contributed by atoms with Gasteiger partial charge in [0.05, 0.1) is 5.56 Å². The van der Waals surface area contributed by atoms with Crippen molar-refractivity contribution in [2.24, 2.45) is 0 Å². The van der Waals surface area contributed by atoms with Crippen LogP contribution in [0.2, 0.25) is 0 Å². The third-order valence-corrected chi connectivity index (χ3v) is 3.17. The minimum Gasteiger partial charge on any atom is -0.480 e. The average Bonchev–Trinajstić information content (AvgIpc) is 2.46. The Kier molecular flexibility index (Phi) is 4.80. The van der Waals surface area contributed by atoms with E-state index in [9.17, 15) is 4.79 Å². The second-order valence-corrected chi connectivity index (χ2v) is 5.23. The van der Waals surface area contributed by atoms with E-state index in [0.717, 1.165) is 16.8 Å². The highest BCUT2D eigenvalue weighted by Gasteiger charge is 2.16. The number of rotatable bonds is 4. The standard InChI is InChI=1S/C18H18N2O2/c1-12-8-13(2)10-16(9-12)20-18(21)14(3)22-17-7-5-4-6-15(17)11-19/h4-10,14H,1-3H3,(H,20,21). The number of benzene rings is 2. The van der Waals surface area contributed by atoms with Crippen LogP contribution in [0.4, 0.5) is 5.69 Å². The summed E-state index contributed by atoms with van der Waals surface area (Å²) >= 11 is 0. The molecule has 112 valence electrons. The largest absolute Gasteiger partial charge is 0.480 e. The van der Waals surface area contributed by atoms with Crippen molar-refractivity contribution in [2.45, 2.75) is 26.9 Å². The van der Waals surface area contributed by atoms with Crippen LogP contribution in [0, 0.1) is 25.2 Å². The minimum absolute atomic E-state index is 0.252. The van der Waals surface area contributed by atoms with Gasteiger partial charge >= 0.3 is 0 Å². The number of nitriles is 1.